The maximum absolute atomic E-state index is 13.9. The Bertz CT molecular complexity index is 1330. The molecule has 1 saturated heterocycles. The number of benzene rings is 1. The maximum Gasteiger partial charge on any atom is 0.407 e. The summed E-state index contributed by atoms with van der Waals surface area (Å²) in [7, 11) is 1.60. The van der Waals surface area contributed by atoms with E-state index >= 15 is 0 Å². The summed E-state index contributed by atoms with van der Waals surface area (Å²) in [5.41, 5.74) is 0.955. The number of nitrogens with one attached hydrogen (secondary N) is 2. The molecule has 1 aliphatic carbocycles. The Kier molecular flexibility index (Phi) is 8.05. The Balaban J connectivity index is 1.53. The minimum absolute atomic E-state index is 0.0176. The van der Waals surface area contributed by atoms with E-state index in [0.29, 0.717) is 23.4 Å². The van der Waals surface area contributed by atoms with E-state index in [2.05, 4.69) is 10.3 Å². The lowest BCUT2D eigenvalue weighted by Crippen LogP contribution is -2.53. The van der Waals surface area contributed by atoms with Crippen molar-refractivity contribution < 1.29 is 28.6 Å². The van der Waals surface area contributed by atoms with Crippen LogP contribution >= 0.6 is 0 Å². The third kappa shape index (κ3) is 5.95. The summed E-state index contributed by atoms with van der Waals surface area (Å²) in [5.74, 6) is 0.757. The van der Waals surface area contributed by atoms with Crippen molar-refractivity contribution in [2.45, 2.75) is 83.4 Å². The molecule has 0 radical (unpaired) electrons. The number of ether oxygens (including phenoxy) is 3. The quantitative estimate of drug-likeness (QED) is 0.555. The molecule has 40 heavy (non-hydrogen) atoms. The highest BCUT2D eigenvalue weighted by atomic mass is 16.5. The van der Waals surface area contributed by atoms with Gasteiger partial charge in [-0.2, -0.15) is 0 Å². The van der Waals surface area contributed by atoms with Crippen LogP contribution in [0.4, 0.5) is 4.79 Å². The number of aromatic amines is 1. The van der Waals surface area contributed by atoms with Crippen LogP contribution in [0.1, 0.15) is 64.4 Å². The molecule has 1 aromatic heterocycles. The molecule has 216 valence electrons. The SMILES string of the molecule is COc1cc2[nH]c(=O)cc3c2cc1CCCC(C)(C)COC(=O)N[C@@H](C1CCCC1)C(=O)N1C[C@@H](C[C@H]1C=O)O3. The molecule has 0 unspecified atom stereocenters. The van der Waals surface area contributed by atoms with Crippen LogP contribution in [0, 0.1) is 11.3 Å². The van der Waals surface area contributed by atoms with Gasteiger partial charge in [0.05, 0.1) is 31.8 Å². The molecule has 2 N–H and O–H groups in total. The molecule has 3 atom stereocenters. The van der Waals surface area contributed by atoms with Crippen LogP contribution in [0.15, 0.2) is 23.0 Å². The number of alkyl carbamates (subject to hydrolysis) is 1. The largest absolute Gasteiger partial charge is 0.496 e. The number of carbonyl (C=O) groups excluding carboxylic acids is 3. The Morgan fingerprint density at radius 3 is 2.60 bits per heavy atom. The summed E-state index contributed by atoms with van der Waals surface area (Å²) < 4.78 is 17.6. The number of nitrogens with zero attached hydrogens (tertiary/aromatic N) is 1. The van der Waals surface area contributed by atoms with Crippen molar-refractivity contribution in [3.05, 3.63) is 34.1 Å². The fourth-order valence-electron chi connectivity index (χ4n) is 6.36. The first-order valence-electron chi connectivity index (χ1n) is 14.3. The standard InChI is InChI=1S/C30H39N3O7/c1-30(2)10-6-9-19-11-22-23(13-24(19)38-3)31-26(35)14-25(22)40-21-12-20(16-34)33(15-21)28(36)27(18-7-4-5-8-18)32-29(37)39-17-30/h11,13-14,16,18,20-21,27H,4-10,12,15,17H2,1-3H3,(H,31,35)(H,32,37)/t20-,21+,27-/m0/s1. The second-order valence-electron chi connectivity index (χ2n) is 12.1. The number of fused-ring (bicyclic) bond motifs is 3. The van der Waals surface area contributed by atoms with Crippen LogP contribution in [0.25, 0.3) is 10.9 Å². The number of aldehydes is 1. The first-order valence-corrected chi connectivity index (χ1v) is 14.3. The highest BCUT2D eigenvalue weighted by Crippen LogP contribution is 2.35. The Labute approximate surface area is 233 Å². The average Bonchev–Trinajstić information content (AvgIpc) is 3.60. The van der Waals surface area contributed by atoms with Crippen LogP contribution in [-0.4, -0.2) is 66.6 Å². The molecule has 10 heteroatoms. The topological polar surface area (TPSA) is 127 Å². The summed E-state index contributed by atoms with van der Waals surface area (Å²) in [6.07, 6.45) is 5.90. The van der Waals surface area contributed by atoms with Crippen LogP contribution in [-0.2, 0) is 20.7 Å². The van der Waals surface area contributed by atoms with Gasteiger partial charge in [-0.1, -0.05) is 26.7 Å². The van der Waals surface area contributed by atoms with Crippen LogP contribution in [0.2, 0.25) is 0 Å². The molecule has 2 fully saturated rings. The van der Waals surface area contributed by atoms with Crippen molar-refractivity contribution in [2.75, 3.05) is 20.3 Å². The molecule has 1 saturated carbocycles. The smallest absolute Gasteiger partial charge is 0.407 e. The van der Waals surface area contributed by atoms with Gasteiger partial charge >= 0.3 is 6.09 Å². The Morgan fingerprint density at radius 1 is 1.10 bits per heavy atom. The van der Waals surface area contributed by atoms with Crippen molar-refractivity contribution in [1.82, 2.24) is 15.2 Å². The molecule has 2 aromatic rings. The Morgan fingerprint density at radius 2 is 1.88 bits per heavy atom. The lowest BCUT2D eigenvalue weighted by Gasteiger charge is -2.31. The van der Waals surface area contributed by atoms with E-state index in [9.17, 15) is 19.2 Å². The van der Waals surface area contributed by atoms with E-state index in [1.165, 1.54) is 11.0 Å². The van der Waals surface area contributed by atoms with Gasteiger partial charge in [0.2, 0.25) is 5.91 Å². The third-order valence-corrected chi connectivity index (χ3v) is 8.55. The van der Waals surface area contributed by atoms with E-state index in [1.54, 1.807) is 13.2 Å². The zero-order valence-corrected chi connectivity index (χ0v) is 23.5. The van der Waals surface area contributed by atoms with Gasteiger partial charge in [0.15, 0.2) is 0 Å². The highest BCUT2D eigenvalue weighted by Gasteiger charge is 2.42. The van der Waals surface area contributed by atoms with E-state index < -0.39 is 24.3 Å². The number of amides is 2. The van der Waals surface area contributed by atoms with E-state index in [0.717, 1.165) is 62.2 Å². The number of methoxy groups -OCH3 is 1. The van der Waals surface area contributed by atoms with Crippen molar-refractivity contribution in [3.63, 3.8) is 0 Å². The van der Waals surface area contributed by atoms with Crippen molar-refractivity contribution in [3.8, 4) is 11.5 Å². The second kappa shape index (κ2) is 11.5. The van der Waals surface area contributed by atoms with Gasteiger partial charge in [-0.3, -0.25) is 9.59 Å². The minimum atomic E-state index is -0.770. The first-order chi connectivity index (χ1) is 19.2. The number of aromatic nitrogens is 1. The molecule has 2 aliphatic heterocycles. The number of pyridine rings is 1. The monoisotopic (exact) mass is 553 g/mol. The van der Waals surface area contributed by atoms with Crippen molar-refractivity contribution in [2.24, 2.45) is 11.3 Å². The lowest BCUT2D eigenvalue weighted by molar-refractivity contribution is -0.137. The number of rotatable bonds is 3. The molecular formula is C30H39N3O7. The minimum Gasteiger partial charge on any atom is -0.496 e. The lowest BCUT2D eigenvalue weighted by atomic mass is 9.87. The summed E-state index contributed by atoms with van der Waals surface area (Å²) >= 11 is 0. The third-order valence-electron chi connectivity index (χ3n) is 8.55. The van der Waals surface area contributed by atoms with Gasteiger partial charge in [0.25, 0.3) is 5.56 Å². The molecule has 10 nitrogen and oxygen atoms in total. The molecule has 3 heterocycles. The van der Waals surface area contributed by atoms with Crippen molar-refractivity contribution >= 4 is 29.2 Å². The average molecular weight is 554 g/mol. The molecule has 1 aromatic carbocycles. The molecule has 3 aliphatic rings. The number of hydrogen-bond donors (Lipinski definition) is 2. The molecule has 2 amide bonds. The molecule has 0 spiro atoms. The predicted molar refractivity (Wildman–Crippen MR) is 149 cm³/mol. The maximum atomic E-state index is 13.9. The van der Waals surface area contributed by atoms with Gasteiger partial charge in [-0.05, 0) is 55.1 Å². The zero-order valence-electron chi connectivity index (χ0n) is 23.5. The summed E-state index contributed by atoms with van der Waals surface area (Å²) in [4.78, 5) is 55.8. The van der Waals surface area contributed by atoms with E-state index in [4.69, 9.17) is 14.2 Å². The molecule has 4 bridgehead atoms. The number of cyclic esters (lactones) is 1. The fourth-order valence-corrected chi connectivity index (χ4v) is 6.36. The zero-order chi connectivity index (χ0) is 28.4. The van der Waals surface area contributed by atoms with Gasteiger partial charge < -0.3 is 34.2 Å². The van der Waals surface area contributed by atoms with Crippen LogP contribution < -0.4 is 20.3 Å². The van der Waals surface area contributed by atoms with Crippen LogP contribution in [0.5, 0.6) is 11.5 Å². The molecular weight excluding hydrogens is 514 g/mol. The fraction of sp³-hybridized carbons (Fsp3) is 0.600. The van der Waals surface area contributed by atoms with E-state index in [-0.39, 0.29) is 36.0 Å². The number of aryl methyl sites for hydroxylation is 1. The number of hydrogen-bond acceptors (Lipinski definition) is 7. The predicted octanol–water partition coefficient (Wildman–Crippen LogP) is 3.73. The van der Waals surface area contributed by atoms with Crippen LogP contribution in [0.3, 0.4) is 0 Å². The van der Waals surface area contributed by atoms with Crippen molar-refractivity contribution in [1.29, 1.82) is 0 Å². The number of carbonyl (C=O) groups is 3. The first kappa shape index (κ1) is 28.0. The summed E-state index contributed by atoms with van der Waals surface area (Å²) in [5, 5.41) is 3.59. The second-order valence-corrected chi connectivity index (χ2v) is 12.1. The van der Waals surface area contributed by atoms with Gasteiger partial charge in [-0.25, -0.2) is 4.79 Å². The highest BCUT2D eigenvalue weighted by molar-refractivity contribution is 5.89. The normalized spacial score (nSPS) is 26.1. The summed E-state index contributed by atoms with van der Waals surface area (Å²) in [6, 6.07) is 3.74. The number of H-pyrrole nitrogens is 1. The van der Waals surface area contributed by atoms with Gasteiger partial charge in [0.1, 0.15) is 29.9 Å². The Hall–Kier alpha value is -3.56. The van der Waals surface area contributed by atoms with Gasteiger partial charge in [-0.15, -0.1) is 0 Å². The molecule has 5 rings (SSSR count). The van der Waals surface area contributed by atoms with E-state index in [1.807, 2.05) is 19.9 Å². The van der Waals surface area contributed by atoms with Gasteiger partial charge in [0, 0.05) is 23.9 Å². The summed E-state index contributed by atoms with van der Waals surface area (Å²) in [6.45, 7) is 4.48.